The monoisotopic (exact) mass is 464 g/mol. The van der Waals surface area contributed by atoms with Gasteiger partial charge in [-0.05, 0) is 81.8 Å². The number of amides is 1. The molecule has 1 saturated carbocycles. The second kappa shape index (κ2) is 10.9. The average molecular weight is 465 g/mol. The van der Waals surface area contributed by atoms with Gasteiger partial charge in [0.25, 0.3) is 0 Å². The molecular formula is C29H40N2O3. The van der Waals surface area contributed by atoms with Crippen LogP contribution in [0.2, 0.25) is 0 Å². The van der Waals surface area contributed by atoms with E-state index >= 15 is 0 Å². The predicted molar refractivity (Wildman–Crippen MR) is 136 cm³/mol. The van der Waals surface area contributed by atoms with E-state index in [0.717, 1.165) is 62.8 Å². The summed E-state index contributed by atoms with van der Waals surface area (Å²) in [4.78, 5) is 15.0. The van der Waals surface area contributed by atoms with E-state index in [0.29, 0.717) is 19.4 Å². The van der Waals surface area contributed by atoms with Gasteiger partial charge in [-0.15, -0.1) is 0 Å². The summed E-state index contributed by atoms with van der Waals surface area (Å²) < 4.78 is 5.50. The first kappa shape index (κ1) is 24.7. The van der Waals surface area contributed by atoms with Crippen molar-refractivity contribution in [3.8, 4) is 5.75 Å². The summed E-state index contributed by atoms with van der Waals surface area (Å²) in [7, 11) is 3.76. The highest BCUT2D eigenvalue weighted by atomic mass is 16.5. The van der Waals surface area contributed by atoms with Gasteiger partial charge in [-0.25, -0.2) is 0 Å². The Morgan fingerprint density at radius 2 is 1.94 bits per heavy atom. The van der Waals surface area contributed by atoms with E-state index in [1.807, 2.05) is 18.2 Å². The molecule has 5 heteroatoms. The molecule has 34 heavy (non-hydrogen) atoms. The standard InChI is InChI=1S/C29H40N2O3/c1-31-19-18-28(24-13-9-14-26(20-24)34-2)21-25(16-17-29(28,33)22-31)30-27(32)15-8-4-7-12-23-10-5-3-6-11-23/h3,5-6,9-11,13-14,20,25,33H,4,7-8,12,15-19,21-22H2,1-2H3,(H,30,32)/t25-,28-,29-/m0/s1. The lowest BCUT2D eigenvalue weighted by atomic mass is 9.55. The van der Waals surface area contributed by atoms with Crippen LogP contribution in [0, 0.1) is 0 Å². The van der Waals surface area contributed by atoms with Crippen LogP contribution >= 0.6 is 0 Å². The quantitative estimate of drug-likeness (QED) is 0.538. The number of likely N-dealkylation sites (N-methyl/N-ethyl adjacent to an activating group) is 1. The molecule has 1 amide bonds. The molecule has 1 aliphatic carbocycles. The van der Waals surface area contributed by atoms with Gasteiger partial charge in [0.15, 0.2) is 0 Å². The number of ether oxygens (including phenoxy) is 1. The molecule has 2 N–H and O–H groups in total. The van der Waals surface area contributed by atoms with E-state index in [9.17, 15) is 9.90 Å². The Hall–Kier alpha value is -2.37. The second-order valence-electron chi connectivity index (χ2n) is 10.4. The van der Waals surface area contributed by atoms with Crippen molar-refractivity contribution in [2.75, 3.05) is 27.2 Å². The first-order chi connectivity index (χ1) is 16.4. The van der Waals surface area contributed by atoms with Crippen molar-refractivity contribution >= 4 is 5.91 Å². The molecule has 2 aromatic carbocycles. The fourth-order valence-corrected chi connectivity index (χ4v) is 6.15. The number of nitrogens with zero attached hydrogens (tertiary/aromatic N) is 1. The van der Waals surface area contributed by atoms with Crippen molar-refractivity contribution in [2.24, 2.45) is 0 Å². The minimum absolute atomic E-state index is 0.0895. The zero-order chi connectivity index (χ0) is 24.0. The Balaban J connectivity index is 1.36. The molecule has 1 saturated heterocycles. The summed E-state index contributed by atoms with van der Waals surface area (Å²) in [5.74, 6) is 0.957. The van der Waals surface area contributed by atoms with Crippen LogP contribution in [-0.4, -0.2) is 54.8 Å². The Labute approximate surface area is 204 Å². The number of rotatable bonds is 9. The Morgan fingerprint density at radius 1 is 1.12 bits per heavy atom. The molecule has 0 radical (unpaired) electrons. The summed E-state index contributed by atoms with van der Waals surface area (Å²) in [6.45, 7) is 1.59. The van der Waals surface area contributed by atoms with Crippen molar-refractivity contribution in [1.29, 1.82) is 0 Å². The van der Waals surface area contributed by atoms with Gasteiger partial charge in [-0.2, -0.15) is 0 Å². The smallest absolute Gasteiger partial charge is 0.220 e. The molecule has 1 heterocycles. The first-order valence-electron chi connectivity index (χ1n) is 12.8. The number of likely N-dealkylation sites (tertiary alicyclic amines) is 1. The van der Waals surface area contributed by atoms with Crippen LogP contribution in [-0.2, 0) is 16.6 Å². The van der Waals surface area contributed by atoms with Crippen LogP contribution in [0.3, 0.4) is 0 Å². The number of hydrogen-bond donors (Lipinski definition) is 2. The second-order valence-corrected chi connectivity index (χ2v) is 10.4. The average Bonchev–Trinajstić information content (AvgIpc) is 2.84. The van der Waals surface area contributed by atoms with Crippen molar-refractivity contribution < 1.29 is 14.6 Å². The lowest BCUT2D eigenvalue weighted by molar-refractivity contribution is -0.131. The molecule has 5 nitrogen and oxygen atoms in total. The molecule has 4 rings (SSSR count). The van der Waals surface area contributed by atoms with Crippen molar-refractivity contribution in [3.05, 3.63) is 65.7 Å². The number of carbonyl (C=O) groups is 1. The molecule has 184 valence electrons. The SMILES string of the molecule is COc1cccc([C@@]23CCN(C)C[C@@]2(O)CC[C@H](NC(=O)CCCCCc2ccccc2)C3)c1. The third-order valence-corrected chi connectivity index (χ3v) is 8.04. The van der Waals surface area contributed by atoms with Crippen molar-refractivity contribution in [3.63, 3.8) is 0 Å². The number of benzene rings is 2. The van der Waals surface area contributed by atoms with Gasteiger partial charge in [0, 0.05) is 24.4 Å². The lowest BCUT2D eigenvalue weighted by Crippen LogP contribution is -2.66. The van der Waals surface area contributed by atoms with Crippen LogP contribution in [0.4, 0.5) is 0 Å². The molecule has 0 spiro atoms. The van der Waals surface area contributed by atoms with Crippen LogP contribution < -0.4 is 10.1 Å². The largest absolute Gasteiger partial charge is 0.497 e. The lowest BCUT2D eigenvalue weighted by Gasteiger charge is -2.57. The molecular weight excluding hydrogens is 424 g/mol. The molecule has 0 unspecified atom stereocenters. The minimum Gasteiger partial charge on any atom is -0.497 e. The fraction of sp³-hybridized carbons (Fsp3) is 0.552. The highest BCUT2D eigenvalue weighted by Crippen LogP contribution is 2.51. The normalized spacial score (nSPS) is 27.1. The van der Waals surface area contributed by atoms with Gasteiger partial charge in [0.2, 0.25) is 5.91 Å². The van der Waals surface area contributed by atoms with Crippen LogP contribution in [0.5, 0.6) is 5.75 Å². The zero-order valence-electron chi connectivity index (χ0n) is 20.8. The highest BCUT2D eigenvalue weighted by molar-refractivity contribution is 5.76. The van der Waals surface area contributed by atoms with Crippen LogP contribution in [0.1, 0.15) is 62.5 Å². The number of nitrogens with one attached hydrogen (secondary N) is 1. The Bertz CT molecular complexity index is 949. The molecule has 0 bridgehead atoms. The fourth-order valence-electron chi connectivity index (χ4n) is 6.15. The molecule has 2 aromatic rings. The number of β-amino-alcohol motifs (C(OH)–C–C–N with tert-alkyl or cyclic N) is 1. The maximum absolute atomic E-state index is 12.8. The maximum atomic E-state index is 12.8. The number of piperidine rings is 1. The summed E-state index contributed by atoms with van der Waals surface area (Å²) in [6, 6.07) is 18.8. The van der Waals surface area contributed by atoms with Gasteiger partial charge >= 0.3 is 0 Å². The predicted octanol–water partition coefficient (Wildman–Crippen LogP) is 4.47. The number of aryl methyl sites for hydroxylation is 1. The molecule has 1 aliphatic heterocycles. The number of aliphatic hydroxyl groups is 1. The van der Waals surface area contributed by atoms with E-state index < -0.39 is 5.60 Å². The zero-order valence-corrected chi connectivity index (χ0v) is 20.8. The molecule has 2 fully saturated rings. The van der Waals surface area contributed by atoms with Crippen molar-refractivity contribution in [2.45, 2.75) is 74.8 Å². The van der Waals surface area contributed by atoms with E-state index in [4.69, 9.17) is 4.74 Å². The topological polar surface area (TPSA) is 61.8 Å². The third-order valence-electron chi connectivity index (χ3n) is 8.04. The Morgan fingerprint density at radius 3 is 2.74 bits per heavy atom. The molecule has 3 atom stereocenters. The highest BCUT2D eigenvalue weighted by Gasteiger charge is 2.57. The van der Waals surface area contributed by atoms with Crippen LogP contribution in [0.15, 0.2) is 54.6 Å². The number of carbonyl (C=O) groups excluding carboxylic acids is 1. The summed E-state index contributed by atoms with van der Waals surface area (Å²) in [5, 5.41) is 15.2. The number of fused-ring (bicyclic) bond motifs is 1. The molecule has 0 aromatic heterocycles. The van der Waals surface area contributed by atoms with Gasteiger partial charge < -0.3 is 20.1 Å². The summed E-state index contributed by atoms with van der Waals surface area (Å²) >= 11 is 0. The Kier molecular flexibility index (Phi) is 7.95. The summed E-state index contributed by atoms with van der Waals surface area (Å²) in [6.07, 6.45) is 7.88. The third kappa shape index (κ3) is 5.47. The minimum atomic E-state index is -0.801. The first-order valence-corrected chi connectivity index (χ1v) is 12.8. The number of hydrogen-bond acceptors (Lipinski definition) is 4. The molecule has 2 aliphatic rings. The summed E-state index contributed by atoms with van der Waals surface area (Å²) in [5.41, 5.74) is 1.32. The van der Waals surface area contributed by atoms with Gasteiger partial charge in [0.1, 0.15) is 5.75 Å². The van der Waals surface area contributed by atoms with E-state index in [2.05, 4.69) is 53.7 Å². The van der Waals surface area contributed by atoms with E-state index in [1.54, 1.807) is 7.11 Å². The van der Waals surface area contributed by atoms with E-state index in [-0.39, 0.29) is 17.4 Å². The van der Waals surface area contributed by atoms with Gasteiger partial charge in [-0.3, -0.25) is 4.79 Å². The number of methoxy groups -OCH3 is 1. The van der Waals surface area contributed by atoms with E-state index in [1.165, 1.54) is 5.56 Å². The van der Waals surface area contributed by atoms with Crippen LogP contribution in [0.25, 0.3) is 0 Å². The number of unbranched alkanes of at least 4 members (excludes halogenated alkanes) is 2. The van der Waals surface area contributed by atoms with Crippen molar-refractivity contribution in [1.82, 2.24) is 10.2 Å². The maximum Gasteiger partial charge on any atom is 0.220 e. The van der Waals surface area contributed by atoms with Gasteiger partial charge in [-0.1, -0.05) is 48.9 Å². The van der Waals surface area contributed by atoms with Gasteiger partial charge in [0.05, 0.1) is 12.7 Å².